The summed E-state index contributed by atoms with van der Waals surface area (Å²) in [6.45, 7) is 7.48. The zero-order valence-corrected chi connectivity index (χ0v) is 20.2. The number of hydrogen-bond donors (Lipinski definition) is 1. The van der Waals surface area contributed by atoms with Crippen LogP contribution in [0.5, 0.6) is 0 Å². The first-order valence-corrected chi connectivity index (χ1v) is 11.6. The number of anilines is 1. The molecule has 0 spiro atoms. The van der Waals surface area contributed by atoms with Crippen LogP contribution in [0.2, 0.25) is 0 Å². The second-order valence-corrected chi connectivity index (χ2v) is 8.55. The van der Waals surface area contributed by atoms with Gasteiger partial charge in [-0.3, -0.25) is 15.0 Å². The van der Waals surface area contributed by atoms with E-state index in [2.05, 4.69) is 70.4 Å². The van der Waals surface area contributed by atoms with Gasteiger partial charge in [0.05, 0.1) is 29.4 Å². The van der Waals surface area contributed by atoms with Crippen LogP contribution in [0.4, 0.5) is 5.82 Å². The van der Waals surface area contributed by atoms with Crippen LogP contribution in [0.3, 0.4) is 0 Å². The maximum absolute atomic E-state index is 5.06. The summed E-state index contributed by atoms with van der Waals surface area (Å²) >= 11 is 0. The maximum Gasteiger partial charge on any atom is 0.142 e. The fraction of sp³-hybridized carbons (Fsp3) is 0.207. The van der Waals surface area contributed by atoms with Gasteiger partial charge in [0.15, 0.2) is 0 Å². The molecule has 1 aliphatic rings. The van der Waals surface area contributed by atoms with Crippen LogP contribution in [0, 0.1) is 0 Å². The first-order chi connectivity index (χ1) is 17.1. The second-order valence-electron chi connectivity index (χ2n) is 8.55. The topological polar surface area (TPSA) is 74.9 Å². The van der Waals surface area contributed by atoms with Gasteiger partial charge in [-0.05, 0) is 42.5 Å². The van der Waals surface area contributed by atoms with Crippen molar-refractivity contribution >= 4 is 35.9 Å². The average molecular weight is 463 g/mol. The van der Waals surface area contributed by atoms with E-state index in [0.29, 0.717) is 19.6 Å². The van der Waals surface area contributed by atoms with Crippen molar-refractivity contribution < 1.29 is 0 Å². The van der Waals surface area contributed by atoms with Crippen LogP contribution in [0.15, 0.2) is 99.5 Å². The van der Waals surface area contributed by atoms with Crippen molar-refractivity contribution in [3.8, 4) is 11.1 Å². The van der Waals surface area contributed by atoms with Crippen molar-refractivity contribution in [2.75, 3.05) is 32.0 Å². The molecule has 0 saturated heterocycles. The lowest BCUT2D eigenvalue weighted by molar-refractivity contribution is 0.562. The Kier molecular flexibility index (Phi) is 7.73. The molecular weight excluding hydrogens is 432 g/mol. The van der Waals surface area contributed by atoms with E-state index in [9.17, 15) is 0 Å². The van der Waals surface area contributed by atoms with Gasteiger partial charge in [-0.15, -0.1) is 0 Å². The molecule has 0 amide bonds. The Morgan fingerprint density at radius 2 is 1.91 bits per heavy atom. The van der Waals surface area contributed by atoms with Crippen molar-refractivity contribution in [3.05, 3.63) is 90.3 Å². The number of aliphatic imine (C=N–C) groups is 3. The van der Waals surface area contributed by atoms with Crippen molar-refractivity contribution in [1.29, 1.82) is 0 Å². The third kappa shape index (κ3) is 5.66. The number of fused-ring (bicyclic) bond motifs is 1. The largest absolute Gasteiger partial charge is 0.366 e. The summed E-state index contributed by atoms with van der Waals surface area (Å²) in [5.41, 5.74) is 3.71. The van der Waals surface area contributed by atoms with Gasteiger partial charge < -0.3 is 5.32 Å². The van der Waals surface area contributed by atoms with Crippen LogP contribution >= 0.6 is 0 Å². The molecule has 1 unspecified atom stereocenters. The predicted molar refractivity (Wildman–Crippen MR) is 149 cm³/mol. The molecule has 35 heavy (non-hydrogen) atoms. The Hall–Kier alpha value is -4.19. The zero-order valence-electron chi connectivity index (χ0n) is 20.2. The molecule has 2 heterocycles. The van der Waals surface area contributed by atoms with E-state index >= 15 is 0 Å². The van der Waals surface area contributed by atoms with E-state index in [-0.39, 0.29) is 0 Å². The smallest absolute Gasteiger partial charge is 0.142 e. The molecule has 0 aliphatic carbocycles. The Labute approximate surface area is 206 Å². The molecule has 6 heteroatoms. The molecule has 1 aromatic heterocycles. The number of dihydropyridines is 1. The molecule has 0 fully saturated rings. The first-order valence-electron chi connectivity index (χ1n) is 11.6. The van der Waals surface area contributed by atoms with E-state index in [0.717, 1.165) is 39.2 Å². The molecule has 1 atom stereocenters. The van der Waals surface area contributed by atoms with Crippen LogP contribution in [0.25, 0.3) is 22.0 Å². The van der Waals surface area contributed by atoms with E-state index in [1.165, 1.54) is 0 Å². The molecule has 2 aromatic carbocycles. The Morgan fingerprint density at radius 1 is 1.06 bits per heavy atom. The predicted octanol–water partition coefficient (Wildman–Crippen LogP) is 5.49. The van der Waals surface area contributed by atoms with Gasteiger partial charge in [0, 0.05) is 26.0 Å². The molecule has 1 N–H and O–H groups in total. The minimum Gasteiger partial charge on any atom is -0.366 e. The third-order valence-corrected chi connectivity index (χ3v) is 5.77. The molecule has 3 aromatic rings. The Balaban J connectivity index is 1.79. The lowest BCUT2D eigenvalue weighted by Crippen LogP contribution is -2.30. The monoisotopic (exact) mass is 462 g/mol. The summed E-state index contributed by atoms with van der Waals surface area (Å²) in [4.78, 5) is 22.6. The van der Waals surface area contributed by atoms with E-state index in [4.69, 9.17) is 9.97 Å². The zero-order chi connectivity index (χ0) is 24.5. The highest BCUT2D eigenvalue weighted by molar-refractivity contribution is 6.02. The second kappa shape index (κ2) is 11.3. The van der Waals surface area contributed by atoms with Gasteiger partial charge in [0.25, 0.3) is 0 Å². The molecule has 0 bridgehead atoms. The SMILES string of the molecule is C=NCC1=CC(C)(c2nc(NC/C=C/C=C\C=NC)c3c(-c4ccccc4)cccc3n2)CN=C1. The molecular formula is C29H30N6. The average Bonchev–Trinajstić information content (AvgIpc) is 2.88. The molecule has 0 radical (unpaired) electrons. The van der Waals surface area contributed by atoms with E-state index < -0.39 is 5.41 Å². The van der Waals surface area contributed by atoms with Crippen LogP contribution in [0.1, 0.15) is 12.7 Å². The number of nitrogens with zero attached hydrogens (tertiary/aromatic N) is 5. The normalized spacial score (nSPS) is 18.1. The number of hydrogen-bond acceptors (Lipinski definition) is 6. The standard InChI is InChI=1S/C29H30N6/c1-29(18-22(19-31-3)20-32-21-29)28-34-25-15-11-14-24(23-12-7-6-8-13-23)26(25)27(35-28)33-17-10-5-4-9-16-30-2/h4-16,18,20H,3,17,19,21H2,1-2H3,(H,33,34,35)/b9-4-,10-5+,30-16?. The van der Waals surface area contributed by atoms with Gasteiger partial charge in [0.1, 0.15) is 11.6 Å². The minimum absolute atomic E-state index is 0.430. The van der Waals surface area contributed by atoms with Crippen LogP contribution < -0.4 is 5.32 Å². The first kappa shape index (κ1) is 24.0. The fourth-order valence-electron chi connectivity index (χ4n) is 4.12. The molecule has 4 rings (SSSR count). The van der Waals surface area contributed by atoms with Crippen LogP contribution in [-0.2, 0) is 5.41 Å². The fourth-order valence-corrected chi connectivity index (χ4v) is 4.12. The van der Waals surface area contributed by atoms with Gasteiger partial charge in [-0.2, -0.15) is 0 Å². The highest BCUT2D eigenvalue weighted by Crippen LogP contribution is 2.35. The maximum atomic E-state index is 5.06. The van der Waals surface area contributed by atoms with Crippen molar-refractivity contribution in [3.63, 3.8) is 0 Å². The molecule has 1 aliphatic heterocycles. The van der Waals surface area contributed by atoms with Crippen molar-refractivity contribution in [2.24, 2.45) is 15.0 Å². The number of benzene rings is 2. The lowest BCUT2D eigenvalue weighted by Gasteiger charge is -2.27. The van der Waals surface area contributed by atoms with Crippen molar-refractivity contribution in [1.82, 2.24) is 9.97 Å². The molecule has 6 nitrogen and oxygen atoms in total. The number of aromatic nitrogens is 2. The summed E-state index contributed by atoms with van der Waals surface area (Å²) in [5.74, 6) is 1.54. The summed E-state index contributed by atoms with van der Waals surface area (Å²) in [5, 5.41) is 4.53. The van der Waals surface area contributed by atoms with E-state index in [1.807, 2.05) is 48.7 Å². The highest BCUT2D eigenvalue weighted by atomic mass is 15.0. The van der Waals surface area contributed by atoms with Crippen molar-refractivity contribution in [2.45, 2.75) is 12.3 Å². The van der Waals surface area contributed by atoms with Gasteiger partial charge in [-0.25, -0.2) is 9.97 Å². The lowest BCUT2D eigenvalue weighted by atomic mass is 9.85. The summed E-state index contributed by atoms with van der Waals surface area (Å²) in [6, 6.07) is 16.6. The third-order valence-electron chi connectivity index (χ3n) is 5.77. The number of allylic oxidation sites excluding steroid dienone is 3. The molecule has 176 valence electrons. The number of rotatable bonds is 9. The highest BCUT2D eigenvalue weighted by Gasteiger charge is 2.31. The summed E-state index contributed by atoms with van der Waals surface area (Å²) in [7, 11) is 1.75. The minimum atomic E-state index is -0.430. The summed E-state index contributed by atoms with van der Waals surface area (Å²) in [6.07, 6.45) is 13.7. The van der Waals surface area contributed by atoms with Gasteiger partial charge >= 0.3 is 0 Å². The Bertz CT molecular complexity index is 1330. The van der Waals surface area contributed by atoms with Gasteiger partial charge in [-0.1, -0.05) is 66.8 Å². The van der Waals surface area contributed by atoms with E-state index in [1.54, 1.807) is 13.3 Å². The number of nitrogens with one attached hydrogen (secondary N) is 1. The summed E-state index contributed by atoms with van der Waals surface area (Å²) < 4.78 is 0. The quantitative estimate of drug-likeness (QED) is 0.337. The molecule has 0 saturated carbocycles. The Morgan fingerprint density at radius 3 is 2.71 bits per heavy atom. The van der Waals surface area contributed by atoms with Gasteiger partial charge in [0.2, 0.25) is 0 Å². The van der Waals surface area contributed by atoms with Crippen LogP contribution in [-0.4, -0.2) is 55.8 Å².